The van der Waals surface area contributed by atoms with Crippen LogP contribution in [0, 0.1) is 0 Å². The Morgan fingerprint density at radius 2 is 2.15 bits per heavy atom. The molecule has 20 heavy (non-hydrogen) atoms. The minimum atomic E-state index is -4.15. The average molecular weight is 287 g/mol. The van der Waals surface area contributed by atoms with E-state index in [4.69, 9.17) is 0 Å². The Morgan fingerprint density at radius 1 is 1.35 bits per heavy atom. The van der Waals surface area contributed by atoms with E-state index in [1.165, 1.54) is 0 Å². The highest BCUT2D eigenvalue weighted by Gasteiger charge is 2.27. The van der Waals surface area contributed by atoms with E-state index in [1.807, 2.05) is 6.92 Å². The van der Waals surface area contributed by atoms with E-state index in [0.717, 1.165) is 43.5 Å². The maximum Gasteiger partial charge on any atom is 0.389 e. The predicted molar refractivity (Wildman–Crippen MR) is 70.4 cm³/mol. The van der Waals surface area contributed by atoms with Crippen LogP contribution in [-0.2, 0) is 12.8 Å². The van der Waals surface area contributed by atoms with E-state index in [2.05, 4.69) is 15.3 Å². The molecule has 0 fully saturated rings. The third kappa shape index (κ3) is 4.16. The van der Waals surface area contributed by atoms with Crippen LogP contribution in [0.3, 0.4) is 0 Å². The van der Waals surface area contributed by atoms with Crippen molar-refractivity contribution in [3.8, 4) is 0 Å². The lowest BCUT2D eigenvalue weighted by atomic mass is 10.0. The van der Waals surface area contributed by atoms with E-state index in [-0.39, 0.29) is 12.5 Å². The Hall–Kier alpha value is -1.17. The molecule has 0 aliphatic heterocycles. The Balaban J connectivity index is 2.15. The fraction of sp³-hybridized carbons (Fsp3) is 0.714. The van der Waals surface area contributed by atoms with Gasteiger partial charge in [-0.3, -0.25) is 0 Å². The number of nitrogens with zero attached hydrogens (tertiary/aromatic N) is 2. The van der Waals surface area contributed by atoms with Gasteiger partial charge in [-0.2, -0.15) is 13.2 Å². The smallest absolute Gasteiger partial charge is 0.310 e. The molecule has 1 aromatic rings. The summed E-state index contributed by atoms with van der Waals surface area (Å²) in [6, 6.07) is 0.231. The van der Waals surface area contributed by atoms with Crippen molar-refractivity contribution in [1.29, 1.82) is 0 Å². The zero-order valence-corrected chi connectivity index (χ0v) is 11.6. The van der Waals surface area contributed by atoms with Crippen LogP contribution in [0.1, 0.15) is 55.7 Å². The van der Waals surface area contributed by atoms with Crippen molar-refractivity contribution in [2.24, 2.45) is 0 Å². The quantitative estimate of drug-likeness (QED) is 0.863. The number of aryl methyl sites for hydroxylation is 2. The molecule has 0 radical (unpaired) electrons. The number of rotatable bonds is 4. The molecule has 0 saturated heterocycles. The number of nitrogens with one attached hydrogen (secondary N) is 1. The zero-order chi connectivity index (χ0) is 14.6. The third-order valence-corrected chi connectivity index (χ3v) is 3.56. The summed E-state index contributed by atoms with van der Waals surface area (Å²) in [6.07, 6.45) is 0.571. The second kappa shape index (κ2) is 6.52. The second-order valence-electron chi connectivity index (χ2n) is 5.16. The van der Waals surface area contributed by atoms with Gasteiger partial charge in [0.05, 0.1) is 6.42 Å². The minimum absolute atomic E-state index is 0.136. The number of halogens is 3. The normalized spacial score (nSPS) is 19.5. The first-order valence-corrected chi connectivity index (χ1v) is 7.14. The van der Waals surface area contributed by atoms with E-state index >= 15 is 0 Å². The zero-order valence-electron chi connectivity index (χ0n) is 11.6. The SMILES string of the molecule is CCNC1CCCCc2nc(CCC(F)(F)F)ncc21. The minimum Gasteiger partial charge on any atom is -0.310 e. The Labute approximate surface area is 117 Å². The van der Waals surface area contributed by atoms with Crippen molar-refractivity contribution >= 4 is 0 Å². The van der Waals surface area contributed by atoms with Gasteiger partial charge in [0.15, 0.2) is 0 Å². The first-order valence-electron chi connectivity index (χ1n) is 7.14. The van der Waals surface area contributed by atoms with Crippen molar-refractivity contribution in [3.05, 3.63) is 23.3 Å². The van der Waals surface area contributed by atoms with E-state index < -0.39 is 12.6 Å². The monoisotopic (exact) mass is 287 g/mol. The molecule has 2 rings (SSSR count). The van der Waals surface area contributed by atoms with Gasteiger partial charge in [0.1, 0.15) is 5.82 Å². The van der Waals surface area contributed by atoms with Crippen LogP contribution in [0.4, 0.5) is 13.2 Å². The van der Waals surface area contributed by atoms with Gasteiger partial charge in [-0.15, -0.1) is 0 Å². The summed E-state index contributed by atoms with van der Waals surface area (Å²) in [4.78, 5) is 8.48. The van der Waals surface area contributed by atoms with Crippen LogP contribution in [0.15, 0.2) is 6.20 Å². The van der Waals surface area contributed by atoms with Gasteiger partial charge >= 0.3 is 6.18 Å². The summed E-state index contributed by atoms with van der Waals surface area (Å²) in [5, 5.41) is 3.40. The molecule has 1 N–H and O–H groups in total. The molecule has 0 amide bonds. The molecule has 0 spiro atoms. The van der Waals surface area contributed by atoms with Crippen LogP contribution >= 0.6 is 0 Å². The Morgan fingerprint density at radius 3 is 2.85 bits per heavy atom. The van der Waals surface area contributed by atoms with Gasteiger partial charge in [0, 0.05) is 29.9 Å². The molecule has 1 heterocycles. The van der Waals surface area contributed by atoms with Crippen LogP contribution in [-0.4, -0.2) is 22.7 Å². The number of hydrogen-bond acceptors (Lipinski definition) is 3. The van der Waals surface area contributed by atoms with Crippen molar-refractivity contribution in [2.75, 3.05) is 6.54 Å². The standard InChI is InChI=1S/C14H20F3N3/c1-2-18-11-5-3-4-6-12-10(11)9-19-13(20-12)7-8-14(15,16)17/h9,11,18H,2-8H2,1H3. The summed E-state index contributed by atoms with van der Waals surface area (Å²) in [5.41, 5.74) is 1.97. The first-order chi connectivity index (χ1) is 9.49. The topological polar surface area (TPSA) is 37.8 Å². The Bertz CT molecular complexity index is 446. The van der Waals surface area contributed by atoms with Gasteiger partial charge in [-0.25, -0.2) is 9.97 Å². The molecule has 112 valence electrons. The number of alkyl halides is 3. The fourth-order valence-corrected chi connectivity index (χ4v) is 2.59. The van der Waals surface area contributed by atoms with Crippen LogP contribution in [0.5, 0.6) is 0 Å². The van der Waals surface area contributed by atoms with Crippen molar-refractivity contribution in [3.63, 3.8) is 0 Å². The molecular formula is C14H20F3N3. The highest BCUT2D eigenvalue weighted by molar-refractivity contribution is 5.23. The van der Waals surface area contributed by atoms with Crippen molar-refractivity contribution < 1.29 is 13.2 Å². The van der Waals surface area contributed by atoms with Crippen LogP contribution in [0.25, 0.3) is 0 Å². The number of fused-ring (bicyclic) bond motifs is 1. The summed E-state index contributed by atoms with van der Waals surface area (Å²) >= 11 is 0. The van der Waals surface area contributed by atoms with E-state index in [9.17, 15) is 13.2 Å². The van der Waals surface area contributed by atoms with Crippen molar-refractivity contribution in [1.82, 2.24) is 15.3 Å². The van der Waals surface area contributed by atoms with Gasteiger partial charge < -0.3 is 5.32 Å². The molecule has 1 aromatic heterocycles. The molecule has 0 aromatic carbocycles. The molecule has 1 aliphatic rings. The summed E-state index contributed by atoms with van der Waals surface area (Å²) < 4.78 is 36.7. The first kappa shape index (κ1) is 15.2. The van der Waals surface area contributed by atoms with Crippen molar-refractivity contribution in [2.45, 2.75) is 57.7 Å². The number of hydrogen-bond donors (Lipinski definition) is 1. The molecule has 1 aliphatic carbocycles. The largest absolute Gasteiger partial charge is 0.389 e. The lowest BCUT2D eigenvalue weighted by Gasteiger charge is -2.18. The summed E-state index contributed by atoms with van der Waals surface area (Å²) in [7, 11) is 0. The van der Waals surface area contributed by atoms with E-state index in [0.29, 0.717) is 5.82 Å². The molecule has 0 saturated carbocycles. The third-order valence-electron chi connectivity index (χ3n) is 3.56. The maximum atomic E-state index is 12.2. The molecule has 1 unspecified atom stereocenters. The number of aromatic nitrogens is 2. The molecule has 3 nitrogen and oxygen atoms in total. The summed E-state index contributed by atoms with van der Waals surface area (Å²) in [5.74, 6) is 0.304. The molecule has 6 heteroatoms. The second-order valence-corrected chi connectivity index (χ2v) is 5.16. The highest BCUT2D eigenvalue weighted by atomic mass is 19.4. The predicted octanol–water partition coefficient (Wildman–Crippen LogP) is 3.35. The van der Waals surface area contributed by atoms with Crippen LogP contribution < -0.4 is 5.32 Å². The lowest BCUT2D eigenvalue weighted by Crippen LogP contribution is -2.22. The van der Waals surface area contributed by atoms with Crippen LogP contribution in [0.2, 0.25) is 0 Å². The molecule has 1 atom stereocenters. The van der Waals surface area contributed by atoms with Gasteiger partial charge in [-0.05, 0) is 25.8 Å². The van der Waals surface area contributed by atoms with E-state index in [1.54, 1.807) is 6.20 Å². The Kier molecular flexibility index (Phi) is 4.96. The van der Waals surface area contributed by atoms with Gasteiger partial charge in [-0.1, -0.05) is 13.3 Å². The maximum absolute atomic E-state index is 12.2. The van der Waals surface area contributed by atoms with Gasteiger partial charge in [0.25, 0.3) is 0 Å². The lowest BCUT2D eigenvalue weighted by molar-refractivity contribution is -0.134. The fourth-order valence-electron chi connectivity index (χ4n) is 2.59. The average Bonchev–Trinajstić information content (AvgIpc) is 2.58. The summed E-state index contributed by atoms with van der Waals surface area (Å²) in [6.45, 7) is 2.91. The highest BCUT2D eigenvalue weighted by Crippen LogP contribution is 2.27. The molecular weight excluding hydrogens is 267 g/mol. The molecule has 0 bridgehead atoms. The van der Waals surface area contributed by atoms with Gasteiger partial charge in [0.2, 0.25) is 0 Å².